The fraction of sp³-hybridized carbons (Fsp3) is 0.273. The van der Waals surface area contributed by atoms with Crippen LogP contribution in [-0.4, -0.2) is 36.5 Å². The van der Waals surface area contributed by atoms with Crippen LogP contribution in [0.2, 0.25) is 0 Å². The van der Waals surface area contributed by atoms with E-state index in [-0.39, 0.29) is 11.9 Å². The molecule has 5 rings (SSSR count). The van der Waals surface area contributed by atoms with Crippen LogP contribution in [0.5, 0.6) is 0 Å². The number of aromatic amines is 1. The van der Waals surface area contributed by atoms with Gasteiger partial charge in [-0.2, -0.15) is 5.10 Å². The van der Waals surface area contributed by atoms with E-state index in [0.29, 0.717) is 17.3 Å². The summed E-state index contributed by atoms with van der Waals surface area (Å²) in [5, 5.41) is 13.5. The third-order valence-corrected chi connectivity index (χ3v) is 5.45. The van der Waals surface area contributed by atoms with Crippen molar-refractivity contribution in [1.82, 2.24) is 29.9 Å². The van der Waals surface area contributed by atoms with E-state index in [9.17, 15) is 4.79 Å². The molecule has 3 heterocycles. The van der Waals surface area contributed by atoms with Crippen molar-refractivity contribution >= 4 is 23.3 Å². The van der Waals surface area contributed by atoms with Crippen molar-refractivity contribution in [3.8, 4) is 11.3 Å². The second kappa shape index (κ2) is 7.62. The number of fused-ring (bicyclic) bond motifs is 1. The molecule has 0 unspecified atom stereocenters. The third kappa shape index (κ3) is 3.63. The van der Waals surface area contributed by atoms with Gasteiger partial charge in [0, 0.05) is 47.4 Å². The first kappa shape index (κ1) is 18.4. The molecule has 1 aromatic carbocycles. The lowest BCUT2D eigenvalue weighted by atomic mass is 10.1. The number of H-pyrrole nitrogens is 1. The minimum absolute atomic E-state index is 0.0315. The number of aromatic nitrogens is 5. The van der Waals surface area contributed by atoms with Crippen LogP contribution < -0.4 is 10.6 Å². The molecule has 8 heteroatoms. The average Bonchev–Trinajstić information content (AvgIpc) is 3.50. The molecular weight excluding hydrogens is 378 g/mol. The first-order valence-electron chi connectivity index (χ1n) is 10.2. The zero-order chi connectivity index (χ0) is 20.5. The van der Waals surface area contributed by atoms with Crippen molar-refractivity contribution in [1.29, 1.82) is 0 Å². The highest BCUT2D eigenvalue weighted by Gasteiger charge is 2.18. The van der Waals surface area contributed by atoms with Crippen LogP contribution in [0.4, 0.5) is 11.8 Å². The van der Waals surface area contributed by atoms with Crippen LogP contribution in [0.25, 0.3) is 16.9 Å². The summed E-state index contributed by atoms with van der Waals surface area (Å²) in [5.74, 6) is 1.25. The molecule has 1 amide bonds. The number of imidazole rings is 1. The largest absolute Gasteiger partial charge is 0.349 e. The molecule has 1 saturated carbocycles. The van der Waals surface area contributed by atoms with Crippen LogP contribution in [0.1, 0.15) is 41.7 Å². The van der Waals surface area contributed by atoms with E-state index in [4.69, 9.17) is 4.98 Å². The summed E-state index contributed by atoms with van der Waals surface area (Å²) < 4.78 is 1.87. The minimum Gasteiger partial charge on any atom is -0.349 e. The van der Waals surface area contributed by atoms with Gasteiger partial charge in [0.15, 0.2) is 5.82 Å². The van der Waals surface area contributed by atoms with Crippen LogP contribution >= 0.6 is 0 Å². The fourth-order valence-electron chi connectivity index (χ4n) is 3.91. The van der Waals surface area contributed by atoms with Gasteiger partial charge in [0.1, 0.15) is 5.65 Å². The van der Waals surface area contributed by atoms with Gasteiger partial charge in [0.2, 0.25) is 5.95 Å². The molecule has 0 bridgehead atoms. The van der Waals surface area contributed by atoms with Gasteiger partial charge in [0.05, 0.1) is 5.69 Å². The predicted molar refractivity (Wildman–Crippen MR) is 115 cm³/mol. The SMILES string of the molecule is Cc1cc(Nc2nc(-c3cccc(C(=O)NC4CCCC4)c3)cc3nccn23)n[nH]1. The molecule has 1 aliphatic rings. The van der Waals surface area contributed by atoms with E-state index in [1.54, 1.807) is 6.20 Å². The highest BCUT2D eigenvalue weighted by molar-refractivity contribution is 5.95. The van der Waals surface area contributed by atoms with Crippen LogP contribution in [-0.2, 0) is 0 Å². The van der Waals surface area contributed by atoms with Crippen molar-refractivity contribution in [2.45, 2.75) is 38.6 Å². The Morgan fingerprint density at radius 1 is 1.20 bits per heavy atom. The number of nitrogens with one attached hydrogen (secondary N) is 3. The number of aryl methyl sites for hydroxylation is 1. The Kier molecular flexibility index (Phi) is 4.66. The van der Waals surface area contributed by atoms with Gasteiger partial charge < -0.3 is 10.6 Å². The van der Waals surface area contributed by atoms with Crippen molar-refractivity contribution in [3.05, 3.63) is 60.0 Å². The molecule has 3 N–H and O–H groups in total. The number of hydrogen-bond donors (Lipinski definition) is 3. The summed E-state index contributed by atoms with van der Waals surface area (Å²) in [6, 6.07) is 11.7. The molecule has 30 heavy (non-hydrogen) atoms. The second-order valence-electron chi connectivity index (χ2n) is 7.72. The topological polar surface area (TPSA) is 100 Å². The number of amides is 1. The minimum atomic E-state index is -0.0315. The standard InChI is InChI=1S/C22H23N7O/c1-14-11-19(28-27-14)26-22-25-18(13-20-23-9-10-29(20)22)15-5-4-6-16(12-15)21(30)24-17-7-2-3-8-17/h4-6,9-13,17H,2-3,7-8H2,1H3,(H,24,30)(H2,25,26,27,28). The molecule has 152 valence electrons. The van der Waals surface area contributed by atoms with Crippen LogP contribution in [0, 0.1) is 6.92 Å². The second-order valence-corrected chi connectivity index (χ2v) is 7.72. The number of nitrogens with zero attached hydrogens (tertiary/aromatic N) is 4. The smallest absolute Gasteiger partial charge is 0.251 e. The van der Waals surface area contributed by atoms with E-state index >= 15 is 0 Å². The maximum absolute atomic E-state index is 12.7. The highest BCUT2D eigenvalue weighted by atomic mass is 16.1. The maximum Gasteiger partial charge on any atom is 0.251 e. The molecule has 0 aliphatic heterocycles. The predicted octanol–water partition coefficient (Wildman–Crippen LogP) is 3.84. The number of carbonyl (C=O) groups is 1. The molecule has 0 saturated heterocycles. The Labute approximate surface area is 173 Å². The van der Waals surface area contributed by atoms with Gasteiger partial charge in [-0.1, -0.05) is 25.0 Å². The molecule has 0 spiro atoms. The zero-order valence-corrected chi connectivity index (χ0v) is 16.7. The van der Waals surface area contributed by atoms with E-state index in [1.807, 2.05) is 53.9 Å². The van der Waals surface area contributed by atoms with E-state index in [1.165, 1.54) is 12.8 Å². The molecule has 1 aliphatic carbocycles. The van der Waals surface area contributed by atoms with Gasteiger partial charge >= 0.3 is 0 Å². The van der Waals surface area contributed by atoms with E-state index in [0.717, 1.165) is 35.4 Å². The van der Waals surface area contributed by atoms with Crippen molar-refractivity contribution < 1.29 is 4.79 Å². The average molecular weight is 401 g/mol. The van der Waals surface area contributed by atoms with E-state index < -0.39 is 0 Å². The van der Waals surface area contributed by atoms with Gasteiger partial charge in [-0.05, 0) is 31.9 Å². The fourth-order valence-corrected chi connectivity index (χ4v) is 3.91. The molecule has 0 atom stereocenters. The zero-order valence-electron chi connectivity index (χ0n) is 16.7. The van der Waals surface area contributed by atoms with Crippen LogP contribution in [0.3, 0.4) is 0 Å². The number of rotatable bonds is 5. The lowest BCUT2D eigenvalue weighted by molar-refractivity contribution is 0.0938. The normalized spacial score (nSPS) is 14.3. The molecule has 0 radical (unpaired) electrons. The highest BCUT2D eigenvalue weighted by Crippen LogP contribution is 2.24. The van der Waals surface area contributed by atoms with Gasteiger partial charge in [0.25, 0.3) is 5.91 Å². The molecule has 4 aromatic rings. The van der Waals surface area contributed by atoms with E-state index in [2.05, 4.69) is 25.8 Å². The summed E-state index contributed by atoms with van der Waals surface area (Å²) in [6.07, 6.45) is 8.07. The molecule has 3 aromatic heterocycles. The number of anilines is 2. The first-order chi connectivity index (χ1) is 14.7. The van der Waals surface area contributed by atoms with Gasteiger partial charge in [-0.25, -0.2) is 9.97 Å². The summed E-state index contributed by atoms with van der Waals surface area (Å²) in [4.78, 5) is 21.9. The summed E-state index contributed by atoms with van der Waals surface area (Å²) in [7, 11) is 0. The quantitative estimate of drug-likeness (QED) is 0.472. The molecular formula is C22H23N7O. The first-order valence-corrected chi connectivity index (χ1v) is 10.2. The Bertz CT molecular complexity index is 1200. The monoisotopic (exact) mass is 401 g/mol. The Balaban J connectivity index is 1.47. The summed E-state index contributed by atoms with van der Waals surface area (Å²) in [6.45, 7) is 1.94. The number of carbonyl (C=O) groups excluding carboxylic acids is 1. The third-order valence-electron chi connectivity index (χ3n) is 5.45. The summed E-state index contributed by atoms with van der Waals surface area (Å²) in [5.41, 5.74) is 3.95. The van der Waals surface area contributed by atoms with Crippen molar-refractivity contribution in [3.63, 3.8) is 0 Å². The van der Waals surface area contributed by atoms with Crippen molar-refractivity contribution in [2.24, 2.45) is 0 Å². The molecule has 1 fully saturated rings. The Morgan fingerprint density at radius 2 is 2.07 bits per heavy atom. The van der Waals surface area contributed by atoms with Crippen LogP contribution in [0.15, 0.2) is 48.8 Å². The number of benzene rings is 1. The lowest BCUT2D eigenvalue weighted by Gasteiger charge is -2.13. The number of hydrogen-bond acceptors (Lipinski definition) is 5. The maximum atomic E-state index is 12.7. The lowest BCUT2D eigenvalue weighted by Crippen LogP contribution is -2.32. The van der Waals surface area contributed by atoms with Gasteiger partial charge in [-0.15, -0.1) is 0 Å². The molecule has 8 nitrogen and oxygen atoms in total. The van der Waals surface area contributed by atoms with Gasteiger partial charge in [-0.3, -0.25) is 14.3 Å². The Morgan fingerprint density at radius 3 is 2.87 bits per heavy atom. The Hall–Kier alpha value is -3.68. The van der Waals surface area contributed by atoms with Crippen molar-refractivity contribution in [2.75, 3.05) is 5.32 Å². The summed E-state index contributed by atoms with van der Waals surface area (Å²) >= 11 is 0.